The Morgan fingerprint density at radius 3 is 2.50 bits per heavy atom. The van der Waals surface area contributed by atoms with E-state index in [1.54, 1.807) is 15.9 Å². The summed E-state index contributed by atoms with van der Waals surface area (Å²) >= 11 is 0. The lowest BCUT2D eigenvalue weighted by Gasteiger charge is -2.37. The van der Waals surface area contributed by atoms with Gasteiger partial charge in [-0.2, -0.15) is 13.2 Å². The number of piperazine rings is 2. The highest BCUT2D eigenvalue weighted by molar-refractivity contribution is 5.82. The SMILES string of the molecule is O=C1CN(CC(=O)N2CCN(c3cccc(C(F)(F)F)c3)CC2)CCN1. The van der Waals surface area contributed by atoms with Crippen LogP contribution in [0.4, 0.5) is 18.9 Å². The number of nitrogens with one attached hydrogen (secondary N) is 1. The molecule has 2 fully saturated rings. The van der Waals surface area contributed by atoms with E-state index in [0.29, 0.717) is 45.0 Å². The quantitative estimate of drug-likeness (QED) is 0.855. The molecule has 26 heavy (non-hydrogen) atoms. The van der Waals surface area contributed by atoms with Gasteiger partial charge in [0, 0.05) is 45.0 Å². The van der Waals surface area contributed by atoms with Crippen LogP contribution in [-0.4, -0.2) is 74.0 Å². The number of benzene rings is 1. The Hall–Kier alpha value is -2.29. The standard InChI is InChI=1S/C17H21F3N4O2/c18-17(19,20)13-2-1-3-14(10-13)23-6-8-24(9-7-23)16(26)12-22-5-4-21-15(25)11-22/h1-3,10H,4-9,11-12H2,(H,21,25). The fourth-order valence-corrected chi connectivity index (χ4v) is 3.21. The van der Waals surface area contributed by atoms with Gasteiger partial charge in [0.05, 0.1) is 18.7 Å². The topological polar surface area (TPSA) is 55.9 Å². The molecule has 0 bridgehead atoms. The lowest BCUT2D eigenvalue weighted by atomic mass is 10.1. The molecular weight excluding hydrogens is 349 g/mol. The van der Waals surface area contributed by atoms with Crippen molar-refractivity contribution in [2.75, 3.05) is 57.3 Å². The normalized spacial score (nSPS) is 19.4. The summed E-state index contributed by atoms with van der Waals surface area (Å²) in [4.78, 5) is 29.1. The first kappa shape index (κ1) is 18.5. The van der Waals surface area contributed by atoms with Gasteiger partial charge >= 0.3 is 6.18 Å². The van der Waals surface area contributed by atoms with Gasteiger partial charge < -0.3 is 15.1 Å². The molecule has 1 aromatic carbocycles. The summed E-state index contributed by atoms with van der Waals surface area (Å²) in [5, 5.41) is 2.71. The van der Waals surface area contributed by atoms with E-state index in [9.17, 15) is 22.8 Å². The molecule has 0 saturated carbocycles. The highest BCUT2D eigenvalue weighted by atomic mass is 19.4. The number of amides is 2. The van der Waals surface area contributed by atoms with Gasteiger partial charge in [-0.1, -0.05) is 6.07 Å². The molecule has 3 rings (SSSR count). The number of alkyl halides is 3. The Kier molecular flexibility index (Phi) is 5.36. The third-order valence-electron chi connectivity index (χ3n) is 4.65. The molecule has 0 aromatic heterocycles. The third kappa shape index (κ3) is 4.46. The summed E-state index contributed by atoms with van der Waals surface area (Å²) in [7, 11) is 0. The van der Waals surface area contributed by atoms with Gasteiger partial charge in [-0.3, -0.25) is 14.5 Å². The Labute approximate surface area is 149 Å². The third-order valence-corrected chi connectivity index (χ3v) is 4.65. The van der Waals surface area contributed by atoms with Gasteiger partial charge in [0.2, 0.25) is 11.8 Å². The molecule has 2 saturated heterocycles. The molecule has 2 aliphatic heterocycles. The molecule has 0 unspecified atom stereocenters. The number of carbonyl (C=O) groups excluding carboxylic acids is 2. The number of rotatable bonds is 3. The largest absolute Gasteiger partial charge is 0.416 e. The van der Waals surface area contributed by atoms with Crippen LogP contribution in [0.2, 0.25) is 0 Å². The van der Waals surface area contributed by atoms with E-state index < -0.39 is 11.7 Å². The van der Waals surface area contributed by atoms with Crippen LogP contribution < -0.4 is 10.2 Å². The van der Waals surface area contributed by atoms with E-state index in [-0.39, 0.29) is 24.9 Å². The zero-order valence-electron chi connectivity index (χ0n) is 14.3. The minimum atomic E-state index is -4.37. The Morgan fingerprint density at radius 1 is 1.12 bits per heavy atom. The maximum atomic E-state index is 12.8. The van der Waals surface area contributed by atoms with E-state index in [1.165, 1.54) is 6.07 Å². The smallest absolute Gasteiger partial charge is 0.368 e. The van der Waals surface area contributed by atoms with E-state index in [0.717, 1.165) is 12.1 Å². The highest BCUT2D eigenvalue weighted by Crippen LogP contribution is 2.31. The molecule has 0 atom stereocenters. The first-order valence-electron chi connectivity index (χ1n) is 8.52. The molecule has 1 aromatic rings. The molecule has 2 heterocycles. The van der Waals surface area contributed by atoms with Crippen molar-refractivity contribution in [2.24, 2.45) is 0 Å². The van der Waals surface area contributed by atoms with Gasteiger partial charge in [0.15, 0.2) is 0 Å². The van der Waals surface area contributed by atoms with Crippen molar-refractivity contribution in [3.05, 3.63) is 29.8 Å². The number of anilines is 1. The molecule has 6 nitrogen and oxygen atoms in total. The molecule has 0 spiro atoms. The lowest BCUT2D eigenvalue weighted by Crippen LogP contribution is -2.54. The van der Waals surface area contributed by atoms with Crippen molar-refractivity contribution < 1.29 is 22.8 Å². The average molecular weight is 370 g/mol. The predicted molar refractivity (Wildman–Crippen MR) is 89.7 cm³/mol. The fraction of sp³-hybridized carbons (Fsp3) is 0.529. The Balaban J connectivity index is 1.54. The Morgan fingerprint density at radius 2 is 1.85 bits per heavy atom. The predicted octanol–water partition coefficient (Wildman–Crippen LogP) is 0.786. The van der Waals surface area contributed by atoms with Crippen molar-refractivity contribution in [1.82, 2.24) is 15.1 Å². The summed E-state index contributed by atoms with van der Waals surface area (Å²) in [5.41, 5.74) is -0.156. The molecule has 9 heteroatoms. The Bertz CT molecular complexity index is 672. The fourth-order valence-electron chi connectivity index (χ4n) is 3.21. The first-order valence-corrected chi connectivity index (χ1v) is 8.52. The first-order chi connectivity index (χ1) is 12.3. The maximum absolute atomic E-state index is 12.8. The number of carbonyl (C=O) groups is 2. The summed E-state index contributed by atoms with van der Waals surface area (Å²) in [6, 6.07) is 5.25. The second kappa shape index (κ2) is 7.53. The van der Waals surface area contributed by atoms with Crippen LogP contribution in [0.15, 0.2) is 24.3 Å². The van der Waals surface area contributed by atoms with Crippen molar-refractivity contribution >= 4 is 17.5 Å². The summed E-state index contributed by atoms with van der Waals surface area (Å²) in [6.45, 7) is 3.45. The van der Waals surface area contributed by atoms with Gasteiger partial charge in [0.1, 0.15) is 0 Å². The van der Waals surface area contributed by atoms with Gasteiger partial charge in [-0.15, -0.1) is 0 Å². The van der Waals surface area contributed by atoms with Gasteiger partial charge in [-0.05, 0) is 18.2 Å². The minimum absolute atomic E-state index is 0.0524. The number of hydrogen-bond donors (Lipinski definition) is 1. The number of halogens is 3. The molecular formula is C17H21F3N4O2. The van der Waals surface area contributed by atoms with E-state index in [2.05, 4.69) is 5.32 Å². The van der Waals surface area contributed by atoms with E-state index >= 15 is 0 Å². The van der Waals surface area contributed by atoms with Crippen LogP contribution in [0.3, 0.4) is 0 Å². The second-order valence-electron chi connectivity index (χ2n) is 6.48. The minimum Gasteiger partial charge on any atom is -0.368 e. The van der Waals surface area contributed by atoms with Crippen LogP contribution in [0.1, 0.15) is 5.56 Å². The highest BCUT2D eigenvalue weighted by Gasteiger charge is 2.31. The lowest BCUT2D eigenvalue weighted by molar-refractivity contribution is -0.137. The summed E-state index contributed by atoms with van der Waals surface area (Å²) < 4.78 is 38.5. The van der Waals surface area contributed by atoms with Crippen molar-refractivity contribution in [3.63, 3.8) is 0 Å². The van der Waals surface area contributed by atoms with Gasteiger partial charge in [0.25, 0.3) is 0 Å². The molecule has 2 aliphatic rings. The average Bonchev–Trinajstić information content (AvgIpc) is 2.61. The van der Waals surface area contributed by atoms with Crippen molar-refractivity contribution in [2.45, 2.75) is 6.18 Å². The van der Waals surface area contributed by atoms with Gasteiger partial charge in [-0.25, -0.2) is 0 Å². The van der Waals surface area contributed by atoms with Crippen molar-refractivity contribution in [1.29, 1.82) is 0 Å². The van der Waals surface area contributed by atoms with Crippen LogP contribution >= 0.6 is 0 Å². The van der Waals surface area contributed by atoms with Crippen LogP contribution in [-0.2, 0) is 15.8 Å². The molecule has 142 valence electrons. The monoisotopic (exact) mass is 370 g/mol. The zero-order valence-corrected chi connectivity index (χ0v) is 14.3. The molecule has 0 radical (unpaired) electrons. The molecule has 2 amide bonds. The summed E-state index contributed by atoms with van der Waals surface area (Å²) in [6.07, 6.45) is -4.37. The number of nitrogens with zero attached hydrogens (tertiary/aromatic N) is 3. The molecule has 0 aliphatic carbocycles. The maximum Gasteiger partial charge on any atom is 0.416 e. The van der Waals surface area contributed by atoms with Crippen molar-refractivity contribution in [3.8, 4) is 0 Å². The zero-order chi connectivity index (χ0) is 18.7. The second-order valence-corrected chi connectivity index (χ2v) is 6.48. The van der Waals surface area contributed by atoms with E-state index in [4.69, 9.17) is 0 Å². The summed E-state index contributed by atoms with van der Waals surface area (Å²) in [5.74, 6) is -0.137. The van der Waals surface area contributed by atoms with E-state index in [1.807, 2.05) is 4.90 Å². The molecule has 1 N–H and O–H groups in total. The van der Waals surface area contributed by atoms with Crippen LogP contribution in [0, 0.1) is 0 Å². The van der Waals surface area contributed by atoms with Crippen LogP contribution in [0.5, 0.6) is 0 Å². The van der Waals surface area contributed by atoms with Crippen LogP contribution in [0.25, 0.3) is 0 Å². The number of hydrogen-bond acceptors (Lipinski definition) is 4.